The van der Waals surface area contributed by atoms with Gasteiger partial charge >= 0.3 is 12.2 Å². The van der Waals surface area contributed by atoms with Crippen molar-refractivity contribution < 1.29 is 27.8 Å². The van der Waals surface area contributed by atoms with Gasteiger partial charge in [0.05, 0.1) is 36.7 Å². The van der Waals surface area contributed by atoms with Crippen molar-refractivity contribution in [3.05, 3.63) is 71.4 Å². The molecule has 3 N–H and O–H groups in total. The van der Waals surface area contributed by atoms with E-state index >= 15 is 0 Å². The van der Waals surface area contributed by atoms with Gasteiger partial charge < -0.3 is 20.5 Å². The van der Waals surface area contributed by atoms with Gasteiger partial charge in [-0.15, -0.1) is 0 Å². The molecule has 11 heteroatoms. The molecule has 2 heterocycles. The molecule has 8 nitrogen and oxygen atoms in total. The summed E-state index contributed by atoms with van der Waals surface area (Å²) in [6, 6.07) is 11.3. The monoisotopic (exact) mass is 497 g/mol. The van der Waals surface area contributed by atoms with Crippen molar-refractivity contribution in [1.82, 2.24) is 15.0 Å². The molecule has 0 spiro atoms. The second kappa shape index (κ2) is 10.2. The van der Waals surface area contributed by atoms with Crippen LogP contribution in [0, 0.1) is 6.92 Å². The van der Waals surface area contributed by atoms with Gasteiger partial charge in [-0.25, -0.2) is 0 Å². The van der Waals surface area contributed by atoms with E-state index in [1.54, 1.807) is 30.5 Å². The predicted octanol–water partition coefficient (Wildman–Crippen LogP) is 4.68. The number of aliphatic hydroxyl groups is 1. The minimum Gasteiger partial charge on any atom is -0.467 e. The third kappa shape index (κ3) is 5.36. The van der Waals surface area contributed by atoms with E-state index in [2.05, 4.69) is 25.6 Å². The fourth-order valence-corrected chi connectivity index (χ4v) is 3.57. The van der Waals surface area contributed by atoms with Gasteiger partial charge in [-0.1, -0.05) is 12.1 Å². The van der Waals surface area contributed by atoms with Crippen LogP contribution in [-0.4, -0.2) is 46.2 Å². The van der Waals surface area contributed by atoms with E-state index in [0.717, 1.165) is 17.7 Å². The molecule has 4 rings (SSSR count). The van der Waals surface area contributed by atoms with Gasteiger partial charge in [-0.05, 0) is 48.9 Å². The number of aromatic nitrogens is 3. The van der Waals surface area contributed by atoms with E-state index in [9.17, 15) is 23.1 Å². The Morgan fingerprint density at radius 2 is 1.92 bits per heavy atom. The van der Waals surface area contributed by atoms with E-state index < -0.39 is 17.6 Å². The van der Waals surface area contributed by atoms with Crippen molar-refractivity contribution in [3.63, 3.8) is 0 Å². The highest BCUT2D eigenvalue weighted by Crippen LogP contribution is 2.31. The van der Waals surface area contributed by atoms with Gasteiger partial charge in [0.15, 0.2) is 0 Å². The van der Waals surface area contributed by atoms with Crippen molar-refractivity contribution in [2.75, 3.05) is 30.9 Å². The number of aliphatic hydroxyl groups excluding tert-OH is 1. The summed E-state index contributed by atoms with van der Waals surface area (Å²) in [5.74, 6) is -0.209. The van der Waals surface area contributed by atoms with Crippen molar-refractivity contribution in [3.8, 4) is 17.3 Å². The van der Waals surface area contributed by atoms with Crippen LogP contribution in [0.5, 0.6) is 6.01 Å². The summed E-state index contributed by atoms with van der Waals surface area (Å²) < 4.78 is 44.2. The first kappa shape index (κ1) is 24.9. The number of anilines is 2. The first-order valence-corrected chi connectivity index (χ1v) is 10.9. The lowest BCUT2D eigenvalue weighted by Crippen LogP contribution is -2.14. The third-order valence-electron chi connectivity index (χ3n) is 5.37. The van der Waals surface area contributed by atoms with E-state index in [-0.39, 0.29) is 24.7 Å². The molecule has 0 saturated heterocycles. The Morgan fingerprint density at radius 1 is 1.11 bits per heavy atom. The molecular weight excluding hydrogens is 475 g/mol. The number of benzene rings is 2. The van der Waals surface area contributed by atoms with E-state index in [1.807, 2.05) is 6.92 Å². The molecule has 0 radical (unpaired) electrons. The van der Waals surface area contributed by atoms with Crippen LogP contribution in [0.15, 0.2) is 54.7 Å². The summed E-state index contributed by atoms with van der Waals surface area (Å²) >= 11 is 0. The molecule has 0 fully saturated rings. The van der Waals surface area contributed by atoms with Crippen LogP contribution in [0.1, 0.15) is 21.5 Å². The molecule has 0 atom stereocenters. The number of carbonyl (C=O) groups is 1. The molecule has 0 unspecified atom stereocenters. The van der Waals surface area contributed by atoms with Gasteiger partial charge in [0.1, 0.15) is 5.82 Å². The SMILES string of the molecule is COc1nc(NCCO)c2cc(-c3cc(NC(=O)c4cccc(C(F)(F)F)c4)ccc3C)ncc2n1. The van der Waals surface area contributed by atoms with Crippen LogP contribution < -0.4 is 15.4 Å². The lowest BCUT2D eigenvalue weighted by molar-refractivity contribution is -0.137. The van der Waals surface area contributed by atoms with Crippen molar-refractivity contribution in [1.29, 1.82) is 0 Å². The fourth-order valence-electron chi connectivity index (χ4n) is 3.57. The van der Waals surface area contributed by atoms with Gasteiger partial charge in [-0.2, -0.15) is 23.1 Å². The zero-order valence-corrected chi connectivity index (χ0v) is 19.3. The Bertz CT molecular complexity index is 1430. The number of nitrogens with one attached hydrogen (secondary N) is 2. The number of halogens is 3. The second-order valence-electron chi connectivity index (χ2n) is 7.86. The maximum Gasteiger partial charge on any atom is 0.416 e. The Morgan fingerprint density at radius 3 is 2.64 bits per heavy atom. The molecular formula is C25H22F3N5O3. The predicted molar refractivity (Wildman–Crippen MR) is 129 cm³/mol. The maximum atomic E-state index is 13.0. The summed E-state index contributed by atoms with van der Waals surface area (Å²) in [4.78, 5) is 25.8. The molecule has 2 aromatic carbocycles. The number of alkyl halides is 3. The topological polar surface area (TPSA) is 109 Å². The van der Waals surface area contributed by atoms with Gasteiger partial charge in [-0.3, -0.25) is 9.78 Å². The molecule has 2 aromatic heterocycles. The third-order valence-corrected chi connectivity index (χ3v) is 5.37. The number of hydrogen-bond acceptors (Lipinski definition) is 7. The summed E-state index contributed by atoms with van der Waals surface area (Å²) in [7, 11) is 1.45. The van der Waals surface area contributed by atoms with Gasteiger partial charge in [0, 0.05) is 28.7 Å². The average Bonchev–Trinajstić information content (AvgIpc) is 2.87. The lowest BCUT2D eigenvalue weighted by atomic mass is 10.0. The van der Waals surface area contributed by atoms with Crippen LogP contribution in [-0.2, 0) is 6.18 Å². The largest absolute Gasteiger partial charge is 0.467 e. The number of pyridine rings is 1. The Labute approximate surface area is 204 Å². The number of nitrogens with zero attached hydrogens (tertiary/aromatic N) is 3. The normalized spacial score (nSPS) is 11.4. The van der Waals surface area contributed by atoms with Crippen LogP contribution in [0.4, 0.5) is 24.7 Å². The molecule has 0 aliphatic rings. The fraction of sp³-hybridized carbons (Fsp3) is 0.200. The van der Waals surface area contributed by atoms with E-state index in [1.165, 1.54) is 19.2 Å². The Balaban J connectivity index is 1.68. The van der Waals surface area contributed by atoms with Crippen molar-refractivity contribution in [2.24, 2.45) is 0 Å². The first-order valence-electron chi connectivity index (χ1n) is 10.9. The van der Waals surface area contributed by atoms with Crippen LogP contribution in [0.2, 0.25) is 0 Å². The minimum atomic E-state index is -4.55. The highest BCUT2D eigenvalue weighted by molar-refractivity contribution is 6.04. The molecule has 0 aliphatic carbocycles. The summed E-state index contributed by atoms with van der Waals surface area (Å²) in [6.07, 6.45) is -2.99. The number of aryl methyl sites for hydroxylation is 1. The number of rotatable bonds is 7. The number of fused-ring (bicyclic) bond motifs is 1. The van der Waals surface area contributed by atoms with Crippen molar-refractivity contribution >= 4 is 28.3 Å². The summed E-state index contributed by atoms with van der Waals surface area (Å²) in [5.41, 5.74) is 2.03. The molecule has 4 aromatic rings. The highest BCUT2D eigenvalue weighted by atomic mass is 19.4. The number of hydrogen-bond donors (Lipinski definition) is 3. The molecule has 0 aliphatic heterocycles. The molecule has 0 saturated carbocycles. The van der Waals surface area contributed by atoms with Gasteiger partial charge in [0.2, 0.25) is 0 Å². The van der Waals surface area contributed by atoms with E-state index in [4.69, 9.17) is 4.74 Å². The quantitative estimate of drug-likeness (QED) is 0.340. The molecule has 186 valence electrons. The van der Waals surface area contributed by atoms with E-state index in [0.29, 0.717) is 33.7 Å². The lowest BCUT2D eigenvalue weighted by Gasteiger charge is -2.13. The maximum absolute atomic E-state index is 13.0. The summed E-state index contributed by atoms with van der Waals surface area (Å²) in [6.45, 7) is 2.04. The molecule has 1 amide bonds. The van der Waals surface area contributed by atoms with Gasteiger partial charge in [0.25, 0.3) is 5.91 Å². The van der Waals surface area contributed by atoms with Crippen LogP contribution in [0.3, 0.4) is 0 Å². The smallest absolute Gasteiger partial charge is 0.416 e. The highest BCUT2D eigenvalue weighted by Gasteiger charge is 2.30. The second-order valence-corrected chi connectivity index (χ2v) is 7.86. The number of ether oxygens (including phenoxy) is 1. The summed E-state index contributed by atoms with van der Waals surface area (Å²) in [5, 5.41) is 15.5. The zero-order chi connectivity index (χ0) is 25.9. The minimum absolute atomic E-state index is 0.0987. The number of carbonyl (C=O) groups excluding carboxylic acids is 1. The molecule has 0 bridgehead atoms. The van der Waals surface area contributed by atoms with Crippen LogP contribution in [0.25, 0.3) is 22.2 Å². The zero-order valence-electron chi connectivity index (χ0n) is 19.3. The van der Waals surface area contributed by atoms with Crippen LogP contribution >= 0.6 is 0 Å². The standard InChI is InChI=1S/C25H22F3N5O3/c1-14-6-7-17(31-23(35)15-4-3-5-16(10-15)25(26,27)28)11-18(14)20-12-19-21(13-30-20)32-24(36-2)33-22(19)29-8-9-34/h3-7,10-13,34H,8-9H2,1-2H3,(H,31,35)(H,29,32,33). The molecule has 36 heavy (non-hydrogen) atoms. The number of amides is 1. The average molecular weight is 497 g/mol. The van der Waals surface area contributed by atoms with Crippen molar-refractivity contribution in [2.45, 2.75) is 13.1 Å². The number of methoxy groups -OCH3 is 1. The first-order chi connectivity index (χ1) is 17.2. The Hall–Kier alpha value is -4.25. The Kier molecular flexibility index (Phi) is 7.02.